The van der Waals surface area contributed by atoms with Crippen LogP contribution in [0.5, 0.6) is 5.75 Å². The van der Waals surface area contributed by atoms with Gasteiger partial charge in [0, 0.05) is 12.6 Å². The predicted molar refractivity (Wildman–Crippen MR) is 75.1 cm³/mol. The minimum atomic E-state index is -1.70. The number of hydrogen-bond acceptors (Lipinski definition) is 3. The molecule has 0 bridgehead atoms. The molecule has 3 N–H and O–H groups in total. The monoisotopic (exact) mass is 316 g/mol. The summed E-state index contributed by atoms with van der Waals surface area (Å²) in [4.78, 5) is 12.0. The van der Waals surface area contributed by atoms with Gasteiger partial charge in [-0.15, -0.1) is 0 Å². The highest BCUT2D eigenvalue weighted by Crippen LogP contribution is 2.30. The lowest BCUT2D eigenvalue weighted by Crippen LogP contribution is -2.52. The fourth-order valence-electron chi connectivity index (χ4n) is 2.66. The maximum absolute atomic E-state index is 13.7. The van der Waals surface area contributed by atoms with E-state index in [1.54, 1.807) is 0 Å². The third-order valence-electron chi connectivity index (χ3n) is 4.18. The van der Waals surface area contributed by atoms with E-state index in [4.69, 9.17) is 5.11 Å². The Hall–Kier alpha value is -1.76. The van der Waals surface area contributed by atoms with Crippen molar-refractivity contribution in [1.82, 2.24) is 10.6 Å². The van der Waals surface area contributed by atoms with Crippen LogP contribution in [0, 0.1) is 22.9 Å². The number of nitrogens with one attached hydrogen (secondary N) is 2. The first-order chi connectivity index (χ1) is 10.2. The highest BCUT2D eigenvalue weighted by molar-refractivity contribution is 5.95. The van der Waals surface area contributed by atoms with Gasteiger partial charge in [0.15, 0.2) is 17.4 Å². The van der Waals surface area contributed by atoms with Gasteiger partial charge in [0.05, 0.1) is 5.56 Å². The van der Waals surface area contributed by atoms with Crippen LogP contribution in [-0.4, -0.2) is 30.1 Å². The molecule has 0 aromatic heterocycles. The Labute approximate surface area is 126 Å². The summed E-state index contributed by atoms with van der Waals surface area (Å²) >= 11 is 0. The van der Waals surface area contributed by atoms with Crippen LogP contribution in [0.25, 0.3) is 0 Å². The fraction of sp³-hybridized carbons (Fsp3) is 0.533. The fourth-order valence-corrected chi connectivity index (χ4v) is 2.66. The molecule has 2 rings (SSSR count). The SMILES string of the molecule is CC1(C)CCCNC1CNC(=O)c1cc(F)c(F)c(O)c1F. The van der Waals surface area contributed by atoms with Crippen LogP contribution in [0.2, 0.25) is 0 Å². The Bertz CT molecular complexity index is 591. The Morgan fingerprint density at radius 2 is 2.09 bits per heavy atom. The average molecular weight is 316 g/mol. The second-order valence-corrected chi connectivity index (χ2v) is 6.19. The Morgan fingerprint density at radius 1 is 1.41 bits per heavy atom. The summed E-state index contributed by atoms with van der Waals surface area (Å²) in [5.41, 5.74) is -0.759. The smallest absolute Gasteiger partial charge is 0.254 e. The van der Waals surface area contributed by atoms with Crippen LogP contribution in [-0.2, 0) is 0 Å². The third-order valence-corrected chi connectivity index (χ3v) is 4.18. The maximum atomic E-state index is 13.7. The zero-order chi connectivity index (χ0) is 16.5. The van der Waals surface area contributed by atoms with E-state index < -0.39 is 34.7 Å². The first-order valence-electron chi connectivity index (χ1n) is 7.12. The Kier molecular flexibility index (Phi) is 4.65. The van der Waals surface area contributed by atoms with E-state index in [1.807, 2.05) is 0 Å². The molecule has 1 aliphatic heterocycles. The predicted octanol–water partition coefficient (Wildman–Crippen LogP) is 2.32. The van der Waals surface area contributed by atoms with Crippen molar-refractivity contribution < 1.29 is 23.1 Å². The number of amides is 1. The molecule has 1 aliphatic rings. The van der Waals surface area contributed by atoms with Crippen LogP contribution in [0.3, 0.4) is 0 Å². The lowest BCUT2D eigenvalue weighted by Gasteiger charge is -2.39. The molecule has 1 heterocycles. The summed E-state index contributed by atoms with van der Waals surface area (Å²) < 4.78 is 39.9. The second-order valence-electron chi connectivity index (χ2n) is 6.19. The molecule has 1 unspecified atom stereocenters. The van der Waals surface area contributed by atoms with Crippen molar-refractivity contribution in [3.05, 3.63) is 29.1 Å². The molecular formula is C15H19F3N2O2. The molecule has 7 heteroatoms. The van der Waals surface area contributed by atoms with Crippen molar-refractivity contribution in [1.29, 1.82) is 0 Å². The minimum absolute atomic E-state index is 0.00727. The number of carbonyl (C=O) groups is 1. The molecule has 1 atom stereocenters. The Morgan fingerprint density at radius 3 is 2.73 bits per heavy atom. The van der Waals surface area contributed by atoms with Crippen molar-refractivity contribution in [3.63, 3.8) is 0 Å². The average Bonchev–Trinajstić information content (AvgIpc) is 2.47. The molecular weight excluding hydrogens is 297 g/mol. The second kappa shape index (κ2) is 6.16. The molecule has 0 aliphatic carbocycles. The zero-order valence-electron chi connectivity index (χ0n) is 12.5. The van der Waals surface area contributed by atoms with Gasteiger partial charge in [0.2, 0.25) is 5.82 Å². The van der Waals surface area contributed by atoms with Crippen molar-refractivity contribution >= 4 is 5.91 Å². The number of piperidine rings is 1. The van der Waals surface area contributed by atoms with Gasteiger partial charge in [0.1, 0.15) is 0 Å². The van der Waals surface area contributed by atoms with Crippen molar-refractivity contribution in [3.8, 4) is 5.75 Å². The standard InChI is InChI=1S/C15H19F3N2O2/c1-15(2)4-3-5-19-10(15)7-20-14(22)8-6-9(16)12(18)13(21)11(8)17/h6,10,19,21H,3-5,7H2,1-2H3,(H,20,22). The highest BCUT2D eigenvalue weighted by atomic mass is 19.2. The topological polar surface area (TPSA) is 61.4 Å². The van der Waals surface area contributed by atoms with Crippen LogP contribution in [0.1, 0.15) is 37.0 Å². The number of rotatable bonds is 3. The van der Waals surface area contributed by atoms with Gasteiger partial charge in [-0.2, -0.15) is 4.39 Å². The lowest BCUT2D eigenvalue weighted by atomic mass is 9.77. The number of hydrogen-bond donors (Lipinski definition) is 3. The lowest BCUT2D eigenvalue weighted by molar-refractivity contribution is 0.0923. The van der Waals surface area contributed by atoms with E-state index in [0.717, 1.165) is 19.4 Å². The molecule has 0 saturated carbocycles. The summed E-state index contributed by atoms with van der Waals surface area (Å²) in [7, 11) is 0. The molecule has 0 spiro atoms. The van der Waals surface area contributed by atoms with Gasteiger partial charge >= 0.3 is 0 Å². The van der Waals surface area contributed by atoms with E-state index in [2.05, 4.69) is 24.5 Å². The first kappa shape index (κ1) is 16.6. The summed E-state index contributed by atoms with van der Waals surface area (Å²) in [6, 6.07) is 0.436. The van der Waals surface area contributed by atoms with E-state index in [9.17, 15) is 18.0 Å². The number of halogens is 3. The number of aromatic hydroxyl groups is 1. The van der Waals surface area contributed by atoms with E-state index >= 15 is 0 Å². The van der Waals surface area contributed by atoms with Crippen LogP contribution in [0.4, 0.5) is 13.2 Å². The number of phenols is 1. The maximum Gasteiger partial charge on any atom is 0.254 e. The van der Waals surface area contributed by atoms with Gasteiger partial charge in [-0.25, -0.2) is 8.78 Å². The van der Waals surface area contributed by atoms with Gasteiger partial charge < -0.3 is 15.7 Å². The molecule has 0 radical (unpaired) electrons. The summed E-state index contributed by atoms with van der Waals surface area (Å²) in [6.45, 7) is 5.16. The summed E-state index contributed by atoms with van der Waals surface area (Å²) in [5, 5.41) is 14.9. The third kappa shape index (κ3) is 3.19. The van der Waals surface area contributed by atoms with Gasteiger partial charge in [-0.3, -0.25) is 4.79 Å². The zero-order valence-corrected chi connectivity index (χ0v) is 12.5. The van der Waals surface area contributed by atoms with Crippen LogP contribution >= 0.6 is 0 Å². The molecule has 4 nitrogen and oxygen atoms in total. The van der Waals surface area contributed by atoms with Crippen molar-refractivity contribution in [2.45, 2.75) is 32.7 Å². The summed E-state index contributed by atoms with van der Waals surface area (Å²) in [6.07, 6.45) is 2.02. The van der Waals surface area contributed by atoms with Gasteiger partial charge in [0.25, 0.3) is 5.91 Å². The molecule has 122 valence electrons. The number of carbonyl (C=O) groups excluding carboxylic acids is 1. The molecule has 1 fully saturated rings. The largest absolute Gasteiger partial charge is 0.503 e. The van der Waals surface area contributed by atoms with E-state index in [0.29, 0.717) is 6.07 Å². The van der Waals surface area contributed by atoms with E-state index in [1.165, 1.54) is 0 Å². The molecule has 1 saturated heterocycles. The number of phenolic OH excluding ortho intramolecular Hbond substituents is 1. The minimum Gasteiger partial charge on any atom is -0.503 e. The molecule has 1 aromatic carbocycles. The summed E-state index contributed by atoms with van der Waals surface area (Å²) in [5.74, 6) is -7.02. The number of benzene rings is 1. The molecule has 1 aromatic rings. The first-order valence-corrected chi connectivity index (χ1v) is 7.12. The van der Waals surface area contributed by atoms with Gasteiger partial charge in [-0.05, 0) is 30.9 Å². The molecule has 1 amide bonds. The quantitative estimate of drug-likeness (QED) is 0.750. The Balaban J connectivity index is 2.10. The van der Waals surface area contributed by atoms with Crippen molar-refractivity contribution in [2.75, 3.05) is 13.1 Å². The van der Waals surface area contributed by atoms with E-state index in [-0.39, 0.29) is 18.0 Å². The van der Waals surface area contributed by atoms with Crippen LogP contribution < -0.4 is 10.6 Å². The van der Waals surface area contributed by atoms with Gasteiger partial charge in [-0.1, -0.05) is 13.8 Å². The normalized spacial score (nSPS) is 20.7. The van der Waals surface area contributed by atoms with Crippen LogP contribution in [0.15, 0.2) is 6.07 Å². The highest BCUT2D eigenvalue weighted by Gasteiger charge is 2.32. The van der Waals surface area contributed by atoms with Crippen molar-refractivity contribution in [2.24, 2.45) is 5.41 Å². The molecule has 22 heavy (non-hydrogen) atoms.